The van der Waals surface area contributed by atoms with Gasteiger partial charge in [-0.3, -0.25) is 0 Å². The van der Waals surface area contributed by atoms with Gasteiger partial charge in [-0.2, -0.15) is 0 Å². The molecule has 0 bridgehead atoms. The standard InChI is InChI=1S/C23H30FN3O4/c1-4-31-23(30)26-11-9-18(10-12-26)25-13-19-15(2)27(16(3)21(19)22(28)29)14-17-7-5-6-8-20(17)24/h5-8,18,25H,4,9-14H2,1-3H3,(H,28,29). The van der Waals surface area contributed by atoms with Crippen molar-refractivity contribution in [2.24, 2.45) is 0 Å². The van der Waals surface area contributed by atoms with Crippen LogP contribution >= 0.6 is 0 Å². The van der Waals surface area contributed by atoms with Gasteiger partial charge in [0.25, 0.3) is 0 Å². The maximum absolute atomic E-state index is 14.2. The molecule has 3 rings (SSSR count). The highest BCUT2D eigenvalue weighted by Gasteiger charge is 2.26. The summed E-state index contributed by atoms with van der Waals surface area (Å²) >= 11 is 0. The third kappa shape index (κ3) is 5.07. The molecule has 0 atom stereocenters. The van der Waals surface area contributed by atoms with Crippen LogP contribution in [0.15, 0.2) is 24.3 Å². The molecule has 0 unspecified atom stereocenters. The van der Waals surface area contributed by atoms with E-state index >= 15 is 0 Å². The van der Waals surface area contributed by atoms with Gasteiger partial charge in [0.05, 0.1) is 18.7 Å². The Morgan fingerprint density at radius 2 is 1.87 bits per heavy atom. The van der Waals surface area contributed by atoms with Crippen molar-refractivity contribution < 1.29 is 23.8 Å². The van der Waals surface area contributed by atoms with Crippen LogP contribution in [0, 0.1) is 19.7 Å². The van der Waals surface area contributed by atoms with Gasteiger partial charge in [0.15, 0.2) is 0 Å². The van der Waals surface area contributed by atoms with Gasteiger partial charge in [0, 0.05) is 48.2 Å². The number of aromatic nitrogens is 1. The molecule has 168 valence electrons. The summed E-state index contributed by atoms with van der Waals surface area (Å²) in [7, 11) is 0. The Labute approximate surface area is 181 Å². The van der Waals surface area contributed by atoms with Crippen LogP contribution < -0.4 is 5.32 Å². The van der Waals surface area contributed by atoms with E-state index in [4.69, 9.17) is 4.74 Å². The number of nitrogens with one attached hydrogen (secondary N) is 1. The van der Waals surface area contributed by atoms with Crippen molar-refractivity contribution in [3.63, 3.8) is 0 Å². The van der Waals surface area contributed by atoms with Gasteiger partial charge < -0.3 is 24.6 Å². The average Bonchev–Trinajstić information content (AvgIpc) is 2.98. The van der Waals surface area contributed by atoms with E-state index in [-0.39, 0.29) is 30.1 Å². The number of rotatable bonds is 7. The predicted molar refractivity (Wildman–Crippen MR) is 115 cm³/mol. The van der Waals surface area contributed by atoms with Crippen molar-refractivity contribution in [2.75, 3.05) is 19.7 Å². The molecule has 2 heterocycles. The molecule has 1 aromatic heterocycles. The second-order valence-corrected chi connectivity index (χ2v) is 7.85. The number of piperidine rings is 1. The molecule has 0 aliphatic carbocycles. The van der Waals surface area contributed by atoms with Crippen LogP contribution in [0.2, 0.25) is 0 Å². The number of hydrogen-bond donors (Lipinski definition) is 2. The quantitative estimate of drug-likeness (QED) is 0.698. The van der Waals surface area contributed by atoms with Gasteiger partial charge in [0.1, 0.15) is 5.82 Å². The van der Waals surface area contributed by atoms with Gasteiger partial charge in [-0.15, -0.1) is 0 Å². The highest BCUT2D eigenvalue weighted by Crippen LogP contribution is 2.25. The van der Waals surface area contributed by atoms with E-state index in [0.29, 0.717) is 43.1 Å². The molecule has 1 aliphatic rings. The minimum Gasteiger partial charge on any atom is -0.478 e. The van der Waals surface area contributed by atoms with Gasteiger partial charge in [-0.05, 0) is 39.7 Å². The van der Waals surface area contributed by atoms with E-state index in [1.54, 1.807) is 36.9 Å². The largest absolute Gasteiger partial charge is 0.478 e. The molecule has 1 aromatic carbocycles. The number of aromatic carboxylic acids is 1. The number of hydrogen-bond acceptors (Lipinski definition) is 4. The number of carboxylic acid groups (broad SMARTS) is 1. The maximum atomic E-state index is 14.2. The number of carbonyl (C=O) groups excluding carboxylic acids is 1. The van der Waals surface area contributed by atoms with Crippen molar-refractivity contribution in [1.29, 1.82) is 0 Å². The fraction of sp³-hybridized carbons (Fsp3) is 0.478. The molecule has 0 spiro atoms. The zero-order valence-electron chi connectivity index (χ0n) is 18.3. The summed E-state index contributed by atoms with van der Waals surface area (Å²) < 4.78 is 21.1. The predicted octanol–water partition coefficient (Wildman–Crippen LogP) is 3.70. The molecule has 31 heavy (non-hydrogen) atoms. The Morgan fingerprint density at radius 1 is 1.19 bits per heavy atom. The lowest BCUT2D eigenvalue weighted by Gasteiger charge is -2.31. The zero-order valence-corrected chi connectivity index (χ0v) is 18.3. The van der Waals surface area contributed by atoms with Crippen molar-refractivity contribution in [3.8, 4) is 0 Å². The number of carboxylic acids is 1. The molecule has 0 saturated carbocycles. The molecule has 1 fully saturated rings. The number of ether oxygens (including phenoxy) is 1. The van der Waals surface area contributed by atoms with E-state index in [9.17, 15) is 19.1 Å². The summed E-state index contributed by atoms with van der Waals surface area (Å²) in [6.07, 6.45) is 1.26. The first-order valence-electron chi connectivity index (χ1n) is 10.6. The normalized spacial score (nSPS) is 14.6. The molecular weight excluding hydrogens is 401 g/mol. The number of carbonyl (C=O) groups is 2. The Kier molecular flexibility index (Phi) is 7.33. The average molecular weight is 432 g/mol. The van der Waals surface area contributed by atoms with E-state index in [1.165, 1.54) is 6.07 Å². The fourth-order valence-electron chi connectivity index (χ4n) is 4.21. The molecule has 2 aromatic rings. The summed E-state index contributed by atoms with van der Waals surface area (Å²) in [4.78, 5) is 25.5. The van der Waals surface area contributed by atoms with E-state index in [0.717, 1.165) is 18.5 Å². The van der Waals surface area contributed by atoms with Crippen LogP contribution in [-0.4, -0.2) is 52.4 Å². The first-order valence-corrected chi connectivity index (χ1v) is 10.6. The first-order chi connectivity index (χ1) is 14.8. The Hall–Kier alpha value is -2.87. The second-order valence-electron chi connectivity index (χ2n) is 7.85. The Balaban J connectivity index is 1.72. The number of halogens is 1. The summed E-state index contributed by atoms with van der Waals surface area (Å²) in [5.41, 5.74) is 2.93. The molecular formula is C23H30FN3O4. The van der Waals surface area contributed by atoms with Crippen LogP contribution in [0.25, 0.3) is 0 Å². The molecule has 7 nitrogen and oxygen atoms in total. The second kappa shape index (κ2) is 9.96. The van der Waals surface area contributed by atoms with Crippen LogP contribution in [0.1, 0.15) is 52.6 Å². The van der Waals surface area contributed by atoms with E-state index in [2.05, 4.69) is 5.32 Å². The topological polar surface area (TPSA) is 83.8 Å². The lowest BCUT2D eigenvalue weighted by molar-refractivity contribution is 0.0693. The number of nitrogens with zero attached hydrogens (tertiary/aromatic N) is 2. The van der Waals surface area contributed by atoms with E-state index in [1.807, 2.05) is 11.5 Å². The van der Waals surface area contributed by atoms with Gasteiger partial charge in [0.2, 0.25) is 0 Å². The van der Waals surface area contributed by atoms with Gasteiger partial charge >= 0.3 is 12.1 Å². The summed E-state index contributed by atoms with van der Waals surface area (Å²) in [5.74, 6) is -1.29. The summed E-state index contributed by atoms with van der Waals surface area (Å²) in [6, 6.07) is 6.72. The smallest absolute Gasteiger partial charge is 0.409 e. The number of amides is 1. The number of likely N-dealkylation sites (tertiary alicyclic amines) is 1. The van der Waals surface area contributed by atoms with Crippen LogP contribution in [0.3, 0.4) is 0 Å². The van der Waals surface area contributed by atoms with Crippen molar-refractivity contribution >= 4 is 12.1 Å². The Morgan fingerprint density at radius 3 is 2.48 bits per heavy atom. The molecule has 1 saturated heterocycles. The van der Waals surface area contributed by atoms with Gasteiger partial charge in [-0.25, -0.2) is 14.0 Å². The molecule has 8 heteroatoms. The molecule has 1 amide bonds. The van der Waals surface area contributed by atoms with Crippen molar-refractivity contribution in [2.45, 2.75) is 52.7 Å². The molecule has 0 radical (unpaired) electrons. The van der Waals surface area contributed by atoms with Crippen LogP contribution in [0.5, 0.6) is 0 Å². The first kappa shape index (κ1) is 22.8. The minimum absolute atomic E-state index is 0.182. The van der Waals surface area contributed by atoms with Crippen molar-refractivity contribution in [1.82, 2.24) is 14.8 Å². The highest BCUT2D eigenvalue weighted by atomic mass is 19.1. The summed E-state index contributed by atoms with van der Waals surface area (Å²) in [5, 5.41) is 13.3. The van der Waals surface area contributed by atoms with Crippen LogP contribution in [-0.2, 0) is 17.8 Å². The lowest BCUT2D eigenvalue weighted by atomic mass is 10.0. The molecule has 2 N–H and O–H groups in total. The van der Waals surface area contributed by atoms with Crippen LogP contribution in [0.4, 0.5) is 9.18 Å². The Bertz CT molecular complexity index is 949. The van der Waals surface area contributed by atoms with Crippen molar-refractivity contribution in [3.05, 3.63) is 58.2 Å². The highest BCUT2D eigenvalue weighted by molar-refractivity contribution is 5.91. The number of benzene rings is 1. The minimum atomic E-state index is -0.984. The maximum Gasteiger partial charge on any atom is 0.409 e. The third-order valence-electron chi connectivity index (χ3n) is 6.00. The lowest BCUT2D eigenvalue weighted by Crippen LogP contribution is -2.45. The fourth-order valence-corrected chi connectivity index (χ4v) is 4.21. The van der Waals surface area contributed by atoms with E-state index < -0.39 is 5.97 Å². The zero-order chi connectivity index (χ0) is 22.5. The SMILES string of the molecule is CCOC(=O)N1CCC(NCc2c(C(=O)O)c(C)n(Cc3ccccc3F)c2C)CC1. The third-order valence-corrected chi connectivity index (χ3v) is 6.00. The summed E-state index contributed by atoms with van der Waals surface area (Å²) in [6.45, 7) is 7.68. The van der Waals surface area contributed by atoms with Gasteiger partial charge in [-0.1, -0.05) is 18.2 Å². The molecule has 1 aliphatic heterocycles. The monoisotopic (exact) mass is 431 g/mol.